The third-order valence-electron chi connectivity index (χ3n) is 3.28. The maximum atomic E-state index is 12.2. The maximum absolute atomic E-state index is 12.2. The first kappa shape index (κ1) is 15.4. The van der Waals surface area contributed by atoms with E-state index in [1.807, 2.05) is 0 Å². The first-order chi connectivity index (χ1) is 9.67. The first-order valence-electron chi connectivity index (χ1n) is 6.87. The van der Waals surface area contributed by atoms with Gasteiger partial charge in [-0.1, -0.05) is 19.0 Å². The molecule has 1 N–H and O–H groups in total. The van der Waals surface area contributed by atoms with Crippen molar-refractivity contribution in [2.75, 3.05) is 17.7 Å². The highest BCUT2D eigenvalue weighted by Gasteiger charge is 2.26. The van der Waals surface area contributed by atoms with E-state index in [0.29, 0.717) is 17.2 Å². The molecule has 0 saturated heterocycles. The van der Waals surface area contributed by atoms with E-state index in [1.165, 1.54) is 22.6 Å². The molecule has 4 nitrogen and oxygen atoms in total. The lowest BCUT2D eigenvalue weighted by Gasteiger charge is -2.07. The third kappa shape index (κ3) is 3.35. The number of hydrogen-bond donors (Lipinski definition) is 1. The van der Waals surface area contributed by atoms with E-state index in [0.717, 1.165) is 31.2 Å². The highest BCUT2D eigenvalue weighted by molar-refractivity contribution is 7.81. The van der Waals surface area contributed by atoms with Gasteiger partial charge in [-0.15, -0.1) is 11.3 Å². The number of ether oxygens (including phenoxy) is 1. The molecular weight excluding hydrogens is 294 g/mol. The number of hydrogen-bond acceptors (Lipinski definition) is 4. The average molecular weight is 312 g/mol. The van der Waals surface area contributed by atoms with Crippen LogP contribution in [0.25, 0.3) is 0 Å². The Kier molecular flexibility index (Phi) is 5.48. The van der Waals surface area contributed by atoms with E-state index in [9.17, 15) is 9.59 Å². The number of fused-ring (bicyclic) bond motifs is 1. The van der Waals surface area contributed by atoms with Crippen LogP contribution in [-0.2, 0) is 22.4 Å². The minimum Gasteiger partial charge on any atom is -0.462 e. The van der Waals surface area contributed by atoms with Gasteiger partial charge < -0.3 is 10.1 Å². The fourth-order valence-corrected chi connectivity index (χ4v) is 3.78. The molecule has 0 aromatic carbocycles. The van der Waals surface area contributed by atoms with Gasteiger partial charge in [0.15, 0.2) is 0 Å². The second kappa shape index (κ2) is 7.13. The van der Waals surface area contributed by atoms with Gasteiger partial charge in [-0.25, -0.2) is 4.79 Å². The summed E-state index contributed by atoms with van der Waals surface area (Å²) in [4.78, 5) is 24.9. The van der Waals surface area contributed by atoms with Crippen molar-refractivity contribution < 1.29 is 14.3 Å². The van der Waals surface area contributed by atoms with Crippen LogP contribution in [0.2, 0.25) is 0 Å². The number of aryl methyl sites for hydroxylation is 1. The average Bonchev–Trinajstić information content (AvgIpc) is 2.60. The normalized spacial score (nSPS) is 14.3. The number of rotatable bonds is 4. The molecule has 2 rings (SSSR count). The minimum absolute atomic E-state index is 0.00910. The van der Waals surface area contributed by atoms with Crippen LogP contribution in [0.3, 0.4) is 0 Å². The second-order valence-electron chi connectivity index (χ2n) is 4.68. The monoisotopic (exact) mass is 312 g/mol. The molecule has 0 fully saturated rings. The van der Waals surface area contributed by atoms with Crippen molar-refractivity contribution in [3.8, 4) is 0 Å². The summed E-state index contributed by atoms with van der Waals surface area (Å²) >= 11 is 6.23. The molecule has 1 radical (unpaired) electrons. The minimum atomic E-state index is -0.341. The van der Waals surface area contributed by atoms with Crippen LogP contribution in [0.1, 0.15) is 47.0 Å². The quantitative estimate of drug-likeness (QED) is 0.685. The van der Waals surface area contributed by atoms with Crippen molar-refractivity contribution >= 4 is 40.8 Å². The first-order valence-corrected chi connectivity index (χ1v) is 8.26. The lowest BCUT2D eigenvalue weighted by Crippen LogP contribution is -2.15. The molecule has 0 saturated carbocycles. The highest BCUT2D eigenvalue weighted by atomic mass is 32.1. The fraction of sp³-hybridized carbons (Fsp3) is 0.571. The molecule has 0 bridgehead atoms. The summed E-state index contributed by atoms with van der Waals surface area (Å²) in [5.74, 6) is -0.598. The molecule has 0 atom stereocenters. The standard InChI is InChI=1S/C14H18NO3S2/c1-2-18-14(17)12-9-6-4-3-5-7-10(9)20-13(12)15-11(16)8-19/h2-8H2,1H3,(H,15,16). The third-order valence-corrected chi connectivity index (χ3v) is 4.75. The Morgan fingerprint density at radius 1 is 1.30 bits per heavy atom. The molecule has 6 heteroatoms. The zero-order valence-electron chi connectivity index (χ0n) is 11.5. The summed E-state index contributed by atoms with van der Waals surface area (Å²) in [6.45, 7) is 2.11. The summed E-state index contributed by atoms with van der Waals surface area (Å²) in [6, 6.07) is 0. The van der Waals surface area contributed by atoms with Gasteiger partial charge in [0.1, 0.15) is 5.00 Å². The number of carbonyl (C=O) groups excluding carboxylic acids is 2. The summed E-state index contributed by atoms with van der Waals surface area (Å²) in [7, 11) is 0. The van der Waals surface area contributed by atoms with Crippen LogP contribution in [0.5, 0.6) is 0 Å². The van der Waals surface area contributed by atoms with Crippen molar-refractivity contribution in [3.63, 3.8) is 0 Å². The van der Waals surface area contributed by atoms with Gasteiger partial charge >= 0.3 is 5.97 Å². The Labute approximate surface area is 128 Å². The van der Waals surface area contributed by atoms with E-state index < -0.39 is 0 Å². The molecule has 0 aliphatic heterocycles. The second-order valence-corrected chi connectivity index (χ2v) is 6.08. The number of anilines is 1. The molecule has 20 heavy (non-hydrogen) atoms. The van der Waals surface area contributed by atoms with Crippen LogP contribution in [0.4, 0.5) is 5.00 Å². The summed E-state index contributed by atoms with van der Waals surface area (Å²) in [5.41, 5.74) is 1.61. The Morgan fingerprint density at radius 2 is 2.05 bits per heavy atom. The SMILES string of the molecule is CCOC(=O)c1c(NC(=O)C[S])sc2c1CCCCC2. The number of amides is 1. The van der Waals surface area contributed by atoms with E-state index in [-0.39, 0.29) is 17.6 Å². The lowest BCUT2D eigenvalue weighted by atomic mass is 10.1. The summed E-state index contributed by atoms with van der Waals surface area (Å²) in [5, 5.41) is 3.35. The summed E-state index contributed by atoms with van der Waals surface area (Å²) in [6.07, 6.45) is 5.23. The van der Waals surface area contributed by atoms with Gasteiger partial charge in [0.2, 0.25) is 5.91 Å². The van der Waals surface area contributed by atoms with Crippen LogP contribution < -0.4 is 5.32 Å². The molecule has 1 amide bonds. The molecule has 1 heterocycles. The predicted octanol–water partition coefficient (Wildman–Crippen LogP) is 3.33. The van der Waals surface area contributed by atoms with Gasteiger partial charge in [0, 0.05) is 4.88 Å². The van der Waals surface area contributed by atoms with Crippen LogP contribution in [0.15, 0.2) is 0 Å². The number of thiophene rings is 1. The molecule has 1 aliphatic carbocycles. The van der Waals surface area contributed by atoms with Gasteiger partial charge in [-0.3, -0.25) is 4.79 Å². The van der Waals surface area contributed by atoms with Crippen molar-refractivity contribution in [1.82, 2.24) is 0 Å². The highest BCUT2D eigenvalue weighted by Crippen LogP contribution is 2.37. The maximum Gasteiger partial charge on any atom is 0.341 e. The zero-order valence-corrected chi connectivity index (χ0v) is 13.1. The van der Waals surface area contributed by atoms with E-state index >= 15 is 0 Å². The molecule has 1 aromatic rings. The molecule has 109 valence electrons. The Bertz CT molecular complexity index is 511. The van der Waals surface area contributed by atoms with E-state index in [1.54, 1.807) is 6.92 Å². The predicted molar refractivity (Wildman–Crippen MR) is 82.6 cm³/mol. The van der Waals surface area contributed by atoms with Crippen molar-refractivity contribution in [2.24, 2.45) is 0 Å². The van der Waals surface area contributed by atoms with Gasteiger partial charge in [-0.05, 0) is 38.2 Å². The largest absolute Gasteiger partial charge is 0.462 e. The van der Waals surface area contributed by atoms with E-state index in [2.05, 4.69) is 5.32 Å². The van der Waals surface area contributed by atoms with Crippen molar-refractivity contribution in [2.45, 2.75) is 39.0 Å². The summed E-state index contributed by atoms with van der Waals surface area (Å²) < 4.78 is 5.14. The smallest absolute Gasteiger partial charge is 0.341 e. The van der Waals surface area contributed by atoms with Crippen LogP contribution in [-0.4, -0.2) is 24.2 Å². The molecule has 1 aliphatic rings. The van der Waals surface area contributed by atoms with Crippen molar-refractivity contribution in [3.05, 3.63) is 16.0 Å². The van der Waals surface area contributed by atoms with Gasteiger partial charge in [0.25, 0.3) is 0 Å². The van der Waals surface area contributed by atoms with Crippen LogP contribution >= 0.6 is 24.0 Å². The lowest BCUT2D eigenvalue weighted by molar-refractivity contribution is -0.113. The number of carbonyl (C=O) groups is 2. The Hall–Kier alpha value is -1.01. The van der Waals surface area contributed by atoms with Gasteiger partial charge in [0.05, 0.1) is 17.9 Å². The van der Waals surface area contributed by atoms with Gasteiger partial charge in [-0.2, -0.15) is 0 Å². The topological polar surface area (TPSA) is 55.4 Å². The Balaban J connectivity index is 2.39. The van der Waals surface area contributed by atoms with E-state index in [4.69, 9.17) is 17.4 Å². The number of esters is 1. The van der Waals surface area contributed by atoms with Crippen LogP contribution in [0, 0.1) is 0 Å². The fourth-order valence-electron chi connectivity index (χ4n) is 2.41. The molecule has 0 spiro atoms. The Morgan fingerprint density at radius 3 is 2.75 bits per heavy atom. The molecule has 0 unspecified atom stereocenters. The molecular formula is C14H18NO3S2. The number of nitrogens with one attached hydrogen (secondary N) is 1. The zero-order chi connectivity index (χ0) is 14.5. The van der Waals surface area contributed by atoms with Crippen molar-refractivity contribution in [1.29, 1.82) is 0 Å². The molecule has 1 aromatic heterocycles.